The van der Waals surface area contributed by atoms with Crippen molar-refractivity contribution in [2.75, 3.05) is 18.1 Å². The number of anilines is 1. The molecular weight excluding hydrogens is 302 g/mol. The lowest BCUT2D eigenvalue weighted by Crippen LogP contribution is -2.53. The molecule has 0 aromatic heterocycles. The fourth-order valence-corrected chi connectivity index (χ4v) is 3.23. The van der Waals surface area contributed by atoms with Crippen molar-refractivity contribution in [3.05, 3.63) is 55.1 Å². The third kappa shape index (κ3) is 2.14. The predicted molar refractivity (Wildman–Crippen MR) is 90.8 cm³/mol. The normalized spacial score (nSPS) is 19.3. The maximum absolute atomic E-state index is 13.3. The molecule has 0 bridgehead atoms. The van der Waals surface area contributed by atoms with Crippen LogP contribution in [0.4, 0.5) is 5.69 Å². The van der Waals surface area contributed by atoms with Crippen molar-refractivity contribution in [1.29, 1.82) is 10.5 Å². The molecule has 1 aromatic carbocycles. The van der Waals surface area contributed by atoms with Crippen molar-refractivity contribution in [2.24, 2.45) is 5.41 Å². The monoisotopic (exact) mass is 321 g/mol. The molecule has 24 heavy (non-hydrogen) atoms. The molecule has 1 amide bonds. The number of carbonyl (C=O) groups is 1. The van der Waals surface area contributed by atoms with Crippen LogP contribution in [0.3, 0.4) is 0 Å². The summed E-state index contributed by atoms with van der Waals surface area (Å²) < 4.78 is 5.91. The summed E-state index contributed by atoms with van der Waals surface area (Å²) in [6, 6.07) is 11.2. The highest BCUT2D eigenvalue weighted by Gasteiger charge is 2.65. The van der Waals surface area contributed by atoms with Crippen LogP contribution in [0, 0.1) is 28.1 Å². The topological polar surface area (TPSA) is 77.1 Å². The van der Waals surface area contributed by atoms with Gasteiger partial charge in [-0.1, -0.05) is 30.4 Å². The number of allylic oxidation sites excluding steroid dienone is 1. The largest absolute Gasteiger partial charge is 0.354 e. The average Bonchev–Trinajstić information content (AvgIpc) is 2.86. The average molecular weight is 321 g/mol. The Morgan fingerprint density at radius 2 is 1.96 bits per heavy atom. The molecule has 5 heteroatoms. The van der Waals surface area contributed by atoms with E-state index in [-0.39, 0.29) is 13.0 Å². The zero-order chi connectivity index (χ0) is 17.8. The smallest absolute Gasteiger partial charge is 0.266 e. The summed E-state index contributed by atoms with van der Waals surface area (Å²) in [5, 5.41) is 19.7. The lowest BCUT2D eigenvalue weighted by atomic mass is 9.68. The SMILES string of the molecule is C=CCOC1(C(C#N)(C#N)CC=C)C(=O)N(CC)c2ccccc21. The first-order valence-corrected chi connectivity index (χ1v) is 7.68. The summed E-state index contributed by atoms with van der Waals surface area (Å²) in [5.41, 5.74) is -2.22. The highest BCUT2D eigenvalue weighted by atomic mass is 16.5. The number of likely N-dealkylation sites (N-methyl/N-ethyl adjacent to an activating group) is 1. The molecule has 2 rings (SSSR count). The summed E-state index contributed by atoms with van der Waals surface area (Å²) in [6.07, 6.45) is 2.98. The first-order valence-electron chi connectivity index (χ1n) is 7.68. The summed E-state index contributed by atoms with van der Waals surface area (Å²) in [4.78, 5) is 14.8. The van der Waals surface area contributed by atoms with Gasteiger partial charge in [-0.3, -0.25) is 4.79 Å². The second-order valence-electron chi connectivity index (χ2n) is 5.47. The second-order valence-corrected chi connectivity index (χ2v) is 5.47. The van der Waals surface area contributed by atoms with Crippen molar-refractivity contribution in [3.8, 4) is 12.1 Å². The molecule has 5 nitrogen and oxygen atoms in total. The third-order valence-electron chi connectivity index (χ3n) is 4.29. The molecule has 0 radical (unpaired) electrons. The first-order chi connectivity index (χ1) is 11.6. The minimum atomic E-state index is -1.71. The summed E-state index contributed by atoms with van der Waals surface area (Å²) >= 11 is 0. The van der Waals surface area contributed by atoms with Gasteiger partial charge in [-0.05, 0) is 13.0 Å². The molecule has 0 N–H and O–H groups in total. The van der Waals surface area contributed by atoms with E-state index in [1.165, 1.54) is 12.2 Å². The molecule has 0 spiro atoms. The third-order valence-corrected chi connectivity index (χ3v) is 4.29. The van der Waals surface area contributed by atoms with Crippen molar-refractivity contribution in [3.63, 3.8) is 0 Å². The Bertz CT molecular complexity index is 743. The van der Waals surface area contributed by atoms with Crippen LogP contribution in [0.5, 0.6) is 0 Å². The van der Waals surface area contributed by atoms with Crippen molar-refractivity contribution in [2.45, 2.75) is 18.9 Å². The fourth-order valence-electron chi connectivity index (χ4n) is 3.23. The Hall–Kier alpha value is -2.89. The minimum Gasteiger partial charge on any atom is -0.354 e. The molecule has 0 aliphatic carbocycles. The van der Waals surface area contributed by atoms with Crippen LogP contribution in [0.25, 0.3) is 0 Å². The Balaban J connectivity index is 2.85. The first kappa shape index (κ1) is 17.5. The number of carbonyl (C=O) groups excluding carboxylic acids is 1. The van der Waals surface area contributed by atoms with Gasteiger partial charge in [-0.2, -0.15) is 10.5 Å². The Morgan fingerprint density at radius 1 is 1.29 bits per heavy atom. The quantitative estimate of drug-likeness (QED) is 0.723. The highest BCUT2D eigenvalue weighted by Crippen LogP contribution is 2.54. The molecule has 0 fully saturated rings. The van der Waals surface area contributed by atoms with Gasteiger partial charge < -0.3 is 9.64 Å². The Labute approximate surface area is 142 Å². The van der Waals surface area contributed by atoms with E-state index in [4.69, 9.17) is 4.74 Å². The molecular formula is C19H19N3O2. The number of hydrogen-bond donors (Lipinski definition) is 0. The maximum Gasteiger partial charge on any atom is 0.266 e. The van der Waals surface area contributed by atoms with E-state index in [1.54, 1.807) is 23.1 Å². The van der Waals surface area contributed by atoms with Crippen LogP contribution in [-0.4, -0.2) is 19.1 Å². The molecule has 1 aliphatic rings. The predicted octanol–water partition coefficient (Wildman–Crippen LogP) is 3.06. The van der Waals surface area contributed by atoms with E-state index in [1.807, 2.05) is 25.1 Å². The van der Waals surface area contributed by atoms with Gasteiger partial charge in [0.1, 0.15) is 0 Å². The van der Waals surface area contributed by atoms with Gasteiger partial charge in [0, 0.05) is 18.5 Å². The summed E-state index contributed by atoms with van der Waals surface area (Å²) in [5.74, 6) is -0.405. The fraction of sp³-hybridized carbons (Fsp3) is 0.316. The molecule has 1 unspecified atom stereocenters. The molecule has 0 saturated carbocycles. The molecule has 1 atom stereocenters. The van der Waals surface area contributed by atoms with Crippen LogP contribution in [0.1, 0.15) is 18.9 Å². The van der Waals surface area contributed by atoms with Gasteiger partial charge in [0.2, 0.25) is 5.60 Å². The van der Waals surface area contributed by atoms with Crippen molar-refractivity contribution < 1.29 is 9.53 Å². The van der Waals surface area contributed by atoms with E-state index < -0.39 is 16.9 Å². The number of rotatable bonds is 7. The number of fused-ring (bicyclic) bond motifs is 1. The van der Waals surface area contributed by atoms with Crippen LogP contribution < -0.4 is 4.90 Å². The van der Waals surface area contributed by atoms with Gasteiger partial charge >= 0.3 is 0 Å². The van der Waals surface area contributed by atoms with E-state index in [9.17, 15) is 15.3 Å². The summed E-state index contributed by atoms with van der Waals surface area (Å²) in [7, 11) is 0. The highest BCUT2D eigenvalue weighted by molar-refractivity contribution is 6.08. The number of hydrogen-bond acceptors (Lipinski definition) is 4. The van der Waals surface area contributed by atoms with Gasteiger partial charge in [0.05, 0.1) is 24.4 Å². The maximum atomic E-state index is 13.3. The van der Waals surface area contributed by atoms with Gasteiger partial charge in [-0.15, -0.1) is 13.2 Å². The van der Waals surface area contributed by atoms with E-state index in [0.717, 1.165) is 0 Å². The molecule has 1 aliphatic heterocycles. The Morgan fingerprint density at radius 3 is 2.50 bits per heavy atom. The second kappa shape index (κ2) is 6.70. The van der Waals surface area contributed by atoms with Crippen LogP contribution in [0.2, 0.25) is 0 Å². The lowest BCUT2D eigenvalue weighted by Gasteiger charge is -2.37. The number of nitrogens with zero attached hydrogens (tertiary/aromatic N) is 3. The number of amides is 1. The molecule has 0 saturated heterocycles. The zero-order valence-corrected chi connectivity index (χ0v) is 13.7. The number of ether oxygens (including phenoxy) is 1. The van der Waals surface area contributed by atoms with E-state index in [2.05, 4.69) is 13.2 Å². The van der Waals surface area contributed by atoms with Gasteiger partial charge in [0.15, 0.2) is 5.41 Å². The molecule has 1 heterocycles. The number of para-hydroxylation sites is 1. The number of nitriles is 2. The van der Waals surface area contributed by atoms with Gasteiger partial charge in [-0.25, -0.2) is 0 Å². The van der Waals surface area contributed by atoms with Crippen LogP contribution >= 0.6 is 0 Å². The standard InChI is InChI=1S/C19H19N3O2/c1-4-11-18(13-20,14-21)19(24-12-5-2)15-9-7-8-10-16(15)22(6-3)17(19)23/h4-5,7-10H,1-2,6,11-12H2,3H3. The lowest BCUT2D eigenvalue weighted by molar-refractivity contribution is -0.153. The van der Waals surface area contributed by atoms with Crippen LogP contribution in [-0.2, 0) is 15.1 Å². The van der Waals surface area contributed by atoms with E-state index in [0.29, 0.717) is 17.8 Å². The molecule has 122 valence electrons. The Kier molecular flexibility index (Phi) is 4.87. The van der Waals surface area contributed by atoms with Gasteiger partial charge in [0.25, 0.3) is 5.91 Å². The van der Waals surface area contributed by atoms with Crippen LogP contribution in [0.15, 0.2) is 49.6 Å². The molecule has 1 aromatic rings. The van der Waals surface area contributed by atoms with Crippen molar-refractivity contribution >= 4 is 11.6 Å². The van der Waals surface area contributed by atoms with Crippen molar-refractivity contribution in [1.82, 2.24) is 0 Å². The number of benzene rings is 1. The summed E-state index contributed by atoms with van der Waals surface area (Å²) in [6.45, 7) is 9.55. The minimum absolute atomic E-state index is 0.00870. The van der Waals surface area contributed by atoms with E-state index >= 15 is 0 Å². The zero-order valence-electron chi connectivity index (χ0n) is 13.7.